The van der Waals surface area contributed by atoms with Crippen LogP contribution in [0.15, 0.2) is 35.7 Å². The molecule has 0 saturated carbocycles. The molecule has 1 aromatic carbocycles. The molecule has 0 aromatic heterocycles. The fourth-order valence-corrected chi connectivity index (χ4v) is 3.29. The lowest BCUT2D eigenvalue weighted by Crippen LogP contribution is -2.27. The molecule has 4 nitrogen and oxygen atoms in total. The van der Waals surface area contributed by atoms with E-state index in [0.29, 0.717) is 12.6 Å². The summed E-state index contributed by atoms with van der Waals surface area (Å²) in [6.45, 7) is 8.46. The first-order valence-electron chi connectivity index (χ1n) is 6.38. The summed E-state index contributed by atoms with van der Waals surface area (Å²) in [6.07, 6.45) is 1.54. The Morgan fingerprint density at radius 2 is 2.10 bits per heavy atom. The third-order valence-electron chi connectivity index (χ3n) is 2.78. The van der Waals surface area contributed by atoms with Gasteiger partial charge in [-0.15, -0.1) is 6.58 Å². The van der Waals surface area contributed by atoms with E-state index in [1.165, 1.54) is 17.4 Å². The molecule has 0 aliphatic rings. The number of hydrogen-bond acceptors (Lipinski definition) is 3. The van der Waals surface area contributed by atoms with E-state index in [4.69, 9.17) is 11.6 Å². The topological polar surface area (TPSA) is 49.4 Å². The molecule has 112 valence electrons. The van der Waals surface area contributed by atoms with Crippen molar-refractivity contribution in [3.8, 4) is 0 Å². The summed E-state index contributed by atoms with van der Waals surface area (Å²) in [6, 6.07) is 5.39. The van der Waals surface area contributed by atoms with Crippen LogP contribution in [0.3, 0.4) is 0 Å². The van der Waals surface area contributed by atoms with Crippen LogP contribution in [0.2, 0.25) is 5.02 Å². The maximum Gasteiger partial charge on any atom is 0.244 e. The van der Waals surface area contributed by atoms with Crippen LogP contribution in [0.25, 0.3) is 0 Å². The van der Waals surface area contributed by atoms with Crippen molar-refractivity contribution in [2.75, 3.05) is 13.6 Å². The molecule has 1 aromatic rings. The maximum absolute atomic E-state index is 12.4. The van der Waals surface area contributed by atoms with E-state index in [1.807, 2.05) is 19.9 Å². The van der Waals surface area contributed by atoms with Gasteiger partial charge in [0.05, 0.1) is 5.02 Å². The Labute approximate surface area is 126 Å². The molecule has 0 aliphatic heterocycles. The summed E-state index contributed by atoms with van der Waals surface area (Å²) in [5, 5.41) is 3.48. The molecular weight excluding hydrogens is 296 g/mol. The average molecular weight is 317 g/mol. The molecule has 20 heavy (non-hydrogen) atoms. The highest BCUT2D eigenvalue weighted by Crippen LogP contribution is 2.25. The standard InChI is InChI=1S/C14H21ClN2O2S/c1-5-8-17(4)20(18,19)14-9-12(6-7-13(14)15)10-16-11(2)3/h5-7,9,11,16H,1,8,10H2,2-4H3. The summed E-state index contributed by atoms with van der Waals surface area (Å²) >= 11 is 6.04. The van der Waals surface area contributed by atoms with Crippen LogP contribution < -0.4 is 5.32 Å². The van der Waals surface area contributed by atoms with Gasteiger partial charge < -0.3 is 5.32 Å². The number of benzene rings is 1. The molecule has 0 radical (unpaired) electrons. The SMILES string of the molecule is C=CCN(C)S(=O)(=O)c1cc(CNC(C)C)ccc1Cl. The molecule has 0 heterocycles. The van der Waals surface area contributed by atoms with E-state index in [1.54, 1.807) is 12.1 Å². The van der Waals surface area contributed by atoms with E-state index >= 15 is 0 Å². The second-order valence-electron chi connectivity index (χ2n) is 4.87. The molecule has 0 amide bonds. The first kappa shape index (κ1) is 17.2. The zero-order valence-electron chi connectivity index (χ0n) is 12.1. The van der Waals surface area contributed by atoms with Crippen molar-refractivity contribution in [3.05, 3.63) is 41.4 Å². The van der Waals surface area contributed by atoms with Gasteiger partial charge in [-0.3, -0.25) is 0 Å². The number of sulfonamides is 1. The lowest BCUT2D eigenvalue weighted by atomic mass is 10.2. The summed E-state index contributed by atoms with van der Waals surface area (Å²) in [4.78, 5) is 0.131. The molecule has 0 aliphatic carbocycles. The number of likely N-dealkylation sites (N-methyl/N-ethyl adjacent to an activating group) is 1. The largest absolute Gasteiger partial charge is 0.310 e. The van der Waals surface area contributed by atoms with Crippen LogP contribution in [0, 0.1) is 0 Å². The van der Waals surface area contributed by atoms with Crippen molar-refractivity contribution >= 4 is 21.6 Å². The van der Waals surface area contributed by atoms with Gasteiger partial charge in [-0.1, -0.05) is 37.6 Å². The minimum Gasteiger partial charge on any atom is -0.310 e. The van der Waals surface area contributed by atoms with Crippen molar-refractivity contribution in [2.24, 2.45) is 0 Å². The normalized spacial score (nSPS) is 12.1. The number of halogens is 1. The molecule has 0 spiro atoms. The molecule has 0 fully saturated rings. The van der Waals surface area contributed by atoms with Gasteiger partial charge in [0.25, 0.3) is 0 Å². The van der Waals surface area contributed by atoms with Crippen LogP contribution in [0.5, 0.6) is 0 Å². The highest BCUT2D eigenvalue weighted by molar-refractivity contribution is 7.89. The summed E-state index contributed by atoms with van der Waals surface area (Å²) in [5.74, 6) is 0. The fourth-order valence-electron chi connectivity index (χ4n) is 1.63. The van der Waals surface area contributed by atoms with Crippen LogP contribution in [-0.4, -0.2) is 32.4 Å². The number of nitrogens with zero attached hydrogens (tertiary/aromatic N) is 1. The molecule has 0 saturated heterocycles. The van der Waals surface area contributed by atoms with E-state index in [2.05, 4.69) is 11.9 Å². The monoisotopic (exact) mass is 316 g/mol. The highest BCUT2D eigenvalue weighted by atomic mass is 35.5. The van der Waals surface area contributed by atoms with Crippen molar-refractivity contribution in [3.63, 3.8) is 0 Å². The minimum absolute atomic E-state index is 0.131. The fraction of sp³-hybridized carbons (Fsp3) is 0.429. The number of hydrogen-bond donors (Lipinski definition) is 1. The molecule has 1 N–H and O–H groups in total. The molecule has 0 atom stereocenters. The molecular formula is C14H21ClN2O2S. The zero-order valence-corrected chi connectivity index (χ0v) is 13.6. The predicted molar refractivity (Wildman–Crippen MR) is 83.4 cm³/mol. The zero-order chi connectivity index (χ0) is 15.3. The lowest BCUT2D eigenvalue weighted by molar-refractivity contribution is 0.499. The first-order chi connectivity index (χ1) is 9.28. The Balaban J connectivity index is 3.10. The van der Waals surface area contributed by atoms with Crippen LogP contribution >= 0.6 is 11.6 Å². The third kappa shape index (κ3) is 4.31. The Morgan fingerprint density at radius 1 is 1.45 bits per heavy atom. The van der Waals surface area contributed by atoms with Gasteiger partial charge in [0.15, 0.2) is 0 Å². The van der Waals surface area contributed by atoms with Gasteiger partial charge >= 0.3 is 0 Å². The Morgan fingerprint density at radius 3 is 2.65 bits per heavy atom. The lowest BCUT2D eigenvalue weighted by Gasteiger charge is -2.17. The third-order valence-corrected chi connectivity index (χ3v) is 5.09. The Hall–Kier alpha value is -0.880. The van der Waals surface area contributed by atoms with E-state index in [-0.39, 0.29) is 16.5 Å². The molecule has 0 unspecified atom stereocenters. The van der Waals surface area contributed by atoms with Crippen molar-refractivity contribution in [1.82, 2.24) is 9.62 Å². The second kappa shape index (κ2) is 7.22. The van der Waals surface area contributed by atoms with Gasteiger partial charge in [0.1, 0.15) is 4.90 Å². The molecule has 0 bridgehead atoms. The smallest absolute Gasteiger partial charge is 0.244 e. The molecule has 1 rings (SSSR count). The summed E-state index contributed by atoms with van der Waals surface area (Å²) < 4.78 is 26.0. The van der Waals surface area contributed by atoms with E-state index in [0.717, 1.165) is 5.56 Å². The number of rotatable bonds is 7. The number of nitrogens with one attached hydrogen (secondary N) is 1. The predicted octanol–water partition coefficient (Wildman–Crippen LogP) is 2.64. The first-order valence-corrected chi connectivity index (χ1v) is 8.20. The van der Waals surface area contributed by atoms with Crippen LogP contribution in [0.4, 0.5) is 0 Å². The van der Waals surface area contributed by atoms with Crippen molar-refractivity contribution in [1.29, 1.82) is 0 Å². The van der Waals surface area contributed by atoms with E-state index in [9.17, 15) is 8.42 Å². The average Bonchev–Trinajstić information content (AvgIpc) is 2.37. The Bertz CT molecular complexity index is 571. The van der Waals surface area contributed by atoms with Gasteiger partial charge in [-0.05, 0) is 17.7 Å². The quantitative estimate of drug-likeness (QED) is 0.787. The highest BCUT2D eigenvalue weighted by Gasteiger charge is 2.23. The van der Waals surface area contributed by atoms with Crippen molar-refractivity contribution in [2.45, 2.75) is 31.3 Å². The summed E-state index contributed by atoms with van der Waals surface area (Å²) in [7, 11) is -2.08. The van der Waals surface area contributed by atoms with Gasteiger partial charge in [0, 0.05) is 26.2 Å². The van der Waals surface area contributed by atoms with Gasteiger partial charge in [-0.2, -0.15) is 4.31 Å². The summed E-state index contributed by atoms with van der Waals surface area (Å²) in [5.41, 5.74) is 0.883. The Kier molecular flexibility index (Phi) is 6.20. The second-order valence-corrected chi connectivity index (χ2v) is 7.30. The van der Waals surface area contributed by atoms with Crippen LogP contribution in [0.1, 0.15) is 19.4 Å². The molecule has 6 heteroatoms. The van der Waals surface area contributed by atoms with Crippen LogP contribution in [-0.2, 0) is 16.6 Å². The minimum atomic E-state index is -3.59. The van der Waals surface area contributed by atoms with Gasteiger partial charge in [0.2, 0.25) is 10.0 Å². The van der Waals surface area contributed by atoms with Crippen molar-refractivity contribution < 1.29 is 8.42 Å². The van der Waals surface area contributed by atoms with Gasteiger partial charge in [-0.25, -0.2) is 8.42 Å². The maximum atomic E-state index is 12.4. The van der Waals surface area contributed by atoms with E-state index < -0.39 is 10.0 Å².